The van der Waals surface area contributed by atoms with Gasteiger partial charge < -0.3 is 9.47 Å². The molecule has 6 nitrogen and oxygen atoms in total. The fourth-order valence-electron chi connectivity index (χ4n) is 4.37. The summed E-state index contributed by atoms with van der Waals surface area (Å²) in [5, 5.41) is 0.932. The molecule has 1 aliphatic heterocycles. The maximum absolute atomic E-state index is 13.8. The van der Waals surface area contributed by atoms with Crippen molar-refractivity contribution < 1.29 is 14.3 Å². The molecule has 0 fully saturated rings. The summed E-state index contributed by atoms with van der Waals surface area (Å²) in [6.07, 6.45) is 1.71. The number of benzene rings is 3. The number of fused-ring (bicyclic) bond motifs is 1. The van der Waals surface area contributed by atoms with E-state index in [9.17, 15) is 9.59 Å². The Morgan fingerprint density at radius 2 is 1.82 bits per heavy atom. The SMILES string of the molecule is CCOc1ccc(C2C(C(=O)OCc3ccccc3)=C(C)N=c3s/c(=C\c4ccc(Cl)cc4Cl)c(=O)n32)cc1. The van der Waals surface area contributed by atoms with E-state index in [2.05, 4.69) is 4.99 Å². The summed E-state index contributed by atoms with van der Waals surface area (Å²) < 4.78 is 13.3. The molecule has 0 spiro atoms. The van der Waals surface area contributed by atoms with E-state index in [-0.39, 0.29) is 12.2 Å². The van der Waals surface area contributed by atoms with E-state index in [4.69, 9.17) is 32.7 Å². The lowest BCUT2D eigenvalue weighted by Crippen LogP contribution is -2.39. The topological polar surface area (TPSA) is 69.9 Å². The van der Waals surface area contributed by atoms with Crippen LogP contribution in [-0.2, 0) is 16.1 Å². The number of ether oxygens (including phenoxy) is 2. The third kappa shape index (κ3) is 5.71. The Hall–Kier alpha value is -3.65. The van der Waals surface area contributed by atoms with Crippen molar-refractivity contribution in [3.63, 3.8) is 0 Å². The van der Waals surface area contributed by atoms with Gasteiger partial charge in [-0.25, -0.2) is 9.79 Å². The van der Waals surface area contributed by atoms with Crippen molar-refractivity contribution >= 4 is 46.6 Å². The summed E-state index contributed by atoms with van der Waals surface area (Å²) >= 11 is 13.6. The molecule has 9 heteroatoms. The Kier molecular flexibility index (Phi) is 8.02. The Bertz CT molecular complexity index is 1740. The molecule has 0 radical (unpaired) electrons. The summed E-state index contributed by atoms with van der Waals surface area (Å²) in [6.45, 7) is 4.30. The average molecular weight is 580 g/mol. The number of carbonyl (C=O) groups is 1. The van der Waals surface area contributed by atoms with E-state index >= 15 is 0 Å². The summed E-state index contributed by atoms with van der Waals surface area (Å²) in [5.41, 5.74) is 2.76. The van der Waals surface area contributed by atoms with Crippen LogP contribution in [0.2, 0.25) is 10.0 Å². The van der Waals surface area contributed by atoms with Crippen LogP contribution < -0.4 is 19.6 Å². The van der Waals surface area contributed by atoms with Crippen LogP contribution in [0, 0.1) is 0 Å². The summed E-state index contributed by atoms with van der Waals surface area (Å²) in [5.74, 6) is 0.161. The Morgan fingerprint density at radius 1 is 1.08 bits per heavy atom. The Labute approximate surface area is 239 Å². The molecule has 1 unspecified atom stereocenters. The summed E-state index contributed by atoms with van der Waals surface area (Å²) in [7, 11) is 0. The van der Waals surface area contributed by atoms with Gasteiger partial charge in [0.15, 0.2) is 4.80 Å². The molecular formula is C30H24Cl2N2O4S. The van der Waals surface area contributed by atoms with E-state index in [1.807, 2.05) is 61.5 Å². The molecule has 0 bridgehead atoms. The normalized spacial score (nSPS) is 15.1. The molecule has 0 saturated heterocycles. The van der Waals surface area contributed by atoms with E-state index < -0.39 is 12.0 Å². The lowest BCUT2D eigenvalue weighted by molar-refractivity contribution is -0.140. The predicted octanol–water partition coefficient (Wildman–Crippen LogP) is 5.68. The van der Waals surface area contributed by atoms with Gasteiger partial charge in [-0.2, -0.15) is 0 Å². The molecular weight excluding hydrogens is 555 g/mol. The molecule has 0 N–H and O–H groups in total. The zero-order chi connectivity index (χ0) is 27.5. The number of allylic oxidation sites excluding steroid dienone is 1. The van der Waals surface area contributed by atoms with Crippen molar-refractivity contribution in [3.8, 4) is 5.75 Å². The molecule has 2 heterocycles. The van der Waals surface area contributed by atoms with Gasteiger partial charge in [-0.15, -0.1) is 0 Å². The van der Waals surface area contributed by atoms with Crippen LogP contribution in [0.5, 0.6) is 5.75 Å². The van der Waals surface area contributed by atoms with Crippen LogP contribution in [0.1, 0.15) is 36.6 Å². The minimum atomic E-state index is -0.733. The predicted molar refractivity (Wildman–Crippen MR) is 154 cm³/mol. The van der Waals surface area contributed by atoms with Gasteiger partial charge in [-0.1, -0.05) is 83.1 Å². The molecule has 1 aromatic heterocycles. The first-order chi connectivity index (χ1) is 18.9. The second kappa shape index (κ2) is 11.6. The monoisotopic (exact) mass is 578 g/mol. The number of thiazole rings is 1. The Morgan fingerprint density at radius 3 is 2.51 bits per heavy atom. The minimum absolute atomic E-state index is 0.103. The van der Waals surface area contributed by atoms with Gasteiger partial charge in [0.1, 0.15) is 12.4 Å². The molecule has 4 aromatic rings. The largest absolute Gasteiger partial charge is 0.494 e. The van der Waals surface area contributed by atoms with Crippen molar-refractivity contribution in [2.75, 3.05) is 6.61 Å². The smallest absolute Gasteiger partial charge is 0.338 e. The average Bonchev–Trinajstić information content (AvgIpc) is 3.23. The lowest BCUT2D eigenvalue weighted by atomic mass is 9.96. The number of halogens is 2. The van der Waals surface area contributed by atoms with Crippen molar-refractivity contribution in [2.45, 2.75) is 26.5 Å². The lowest BCUT2D eigenvalue weighted by Gasteiger charge is -2.25. The number of hydrogen-bond donors (Lipinski definition) is 0. The van der Waals surface area contributed by atoms with Crippen LogP contribution >= 0.6 is 34.5 Å². The molecule has 5 rings (SSSR count). The first kappa shape index (κ1) is 26.9. The van der Waals surface area contributed by atoms with Gasteiger partial charge in [0, 0.05) is 10.0 Å². The van der Waals surface area contributed by atoms with E-state index in [0.717, 1.165) is 11.1 Å². The van der Waals surface area contributed by atoms with E-state index in [0.29, 0.717) is 48.6 Å². The van der Waals surface area contributed by atoms with Crippen LogP contribution in [0.4, 0.5) is 0 Å². The van der Waals surface area contributed by atoms with Crippen molar-refractivity contribution in [2.24, 2.45) is 4.99 Å². The van der Waals surface area contributed by atoms with Crippen LogP contribution in [0.3, 0.4) is 0 Å². The number of nitrogens with zero attached hydrogens (tertiary/aromatic N) is 2. The van der Waals surface area contributed by atoms with Gasteiger partial charge in [-0.05, 0) is 60.9 Å². The molecule has 198 valence electrons. The van der Waals surface area contributed by atoms with Crippen LogP contribution in [0.15, 0.2) is 93.9 Å². The summed E-state index contributed by atoms with van der Waals surface area (Å²) in [4.78, 5) is 32.5. The zero-order valence-corrected chi connectivity index (χ0v) is 23.5. The number of rotatable bonds is 7. The highest BCUT2D eigenvalue weighted by Crippen LogP contribution is 2.32. The Balaban J connectivity index is 1.62. The molecule has 0 amide bonds. The van der Waals surface area contributed by atoms with Crippen LogP contribution in [-0.4, -0.2) is 17.1 Å². The molecule has 1 aliphatic rings. The first-order valence-electron chi connectivity index (χ1n) is 12.3. The molecule has 1 atom stereocenters. The highest BCUT2D eigenvalue weighted by Gasteiger charge is 2.33. The first-order valence-corrected chi connectivity index (χ1v) is 13.8. The van der Waals surface area contributed by atoms with Gasteiger partial charge in [0.2, 0.25) is 0 Å². The standard InChI is InChI=1S/C30H24Cl2N2O4S/c1-3-37-23-13-10-20(11-14-23)27-26(29(36)38-17-19-7-5-4-6-8-19)18(2)33-30-34(27)28(35)25(39-30)15-21-9-12-22(31)16-24(21)32/h4-16,27H,3,17H2,1-2H3/b25-15-. The van der Waals surface area contributed by atoms with Crippen LogP contribution in [0.25, 0.3) is 6.08 Å². The van der Waals surface area contributed by atoms with Crippen molar-refractivity contribution in [3.05, 3.63) is 130 Å². The molecule has 39 heavy (non-hydrogen) atoms. The quantitative estimate of drug-likeness (QED) is 0.264. The highest BCUT2D eigenvalue weighted by molar-refractivity contribution is 7.07. The third-order valence-electron chi connectivity index (χ3n) is 6.21. The fourth-order valence-corrected chi connectivity index (χ4v) is 5.87. The molecule has 0 saturated carbocycles. The van der Waals surface area contributed by atoms with E-state index in [1.54, 1.807) is 35.8 Å². The van der Waals surface area contributed by atoms with Gasteiger partial charge in [-0.3, -0.25) is 9.36 Å². The van der Waals surface area contributed by atoms with Gasteiger partial charge >= 0.3 is 5.97 Å². The maximum atomic E-state index is 13.8. The number of carbonyl (C=O) groups excluding carboxylic acids is 1. The summed E-state index contributed by atoms with van der Waals surface area (Å²) in [6, 6.07) is 21.1. The van der Waals surface area contributed by atoms with Crippen molar-refractivity contribution in [1.82, 2.24) is 4.57 Å². The number of esters is 1. The molecule has 3 aromatic carbocycles. The zero-order valence-electron chi connectivity index (χ0n) is 21.2. The van der Waals surface area contributed by atoms with E-state index in [1.165, 1.54) is 11.3 Å². The third-order valence-corrected chi connectivity index (χ3v) is 7.76. The number of aromatic nitrogens is 1. The second-order valence-electron chi connectivity index (χ2n) is 8.81. The molecule has 0 aliphatic carbocycles. The van der Waals surface area contributed by atoms with Gasteiger partial charge in [0.05, 0.1) is 28.5 Å². The number of hydrogen-bond acceptors (Lipinski definition) is 6. The van der Waals surface area contributed by atoms with Crippen molar-refractivity contribution in [1.29, 1.82) is 0 Å². The maximum Gasteiger partial charge on any atom is 0.338 e. The minimum Gasteiger partial charge on any atom is -0.494 e. The fraction of sp³-hybridized carbons (Fsp3) is 0.167. The highest BCUT2D eigenvalue weighted by atomic mass is 35.5. The van der Waals surface area contributed by atoms with Gasteiger partial charge in [0.25, 0.3) is 5.56 Å². The second-order valence-corrected chi connectivity index (χ2v) is 10.7.